The molecule has 0 heterocycles. The zero-order chi connectivity index (χ0) is 22.2. The van der Waals surface area contributed by atoms with E-state index in [2.05, 4.69) is 0 Å². The Balaban J connectivity index is 1.53. The quantitative estimate of drug-likeness (QED) is 0.517. The minimum Gasteiger partial charge on any atom is -0.491 e. The summed E-state index contributed by atoms with van der Waals surface area (Å²) in [5.74, 6) is 0.0532. The number of aliphatic hydroxyl groups is 1. The molecule has 3 rings (SSSR count). The van der Waals surface area contributed by atoms with Gasteiger partial charge in [-0.1, -0.05) is 48.0 Å². The van der Waals surface area contributed by atoms with Crippen LogP contribution in [-0.4, -0.2) is 35.5 Å². The summed E-state index contributed by atoms with van der Waals surface area (Å²) in [6.45, 7) is -0.0202. The minimum absolute atomic E-state index is 0.0168. The van der Waals surface area contributed by atoms with E-state index in [-0.39, 0.29) is 19.6 Å². The molecule has 0 aliphatic rings. The Morgan fingerprint density at radius 2 is 1.74 bits per heavy atom. The van der Waals surface area contributed by atoms with Crippen molar-refractivity contribution in [3.05, 3.63) is 82.9 Å². The van der Waals surface area contributed by atoms with Gasteiger partial charge in [0, 0.05) is 5.02 Å². The summed E-state index contributed by atoms with van der Waals surface area (Å²) in [7, 11) is 0. The van der Waals surface area contributed by atoms with Crippen LogP contribution < -0.4 is 9.47 Å². The molecule has 158 valence electrons. The van der Waals surface area contributed by atoms with E-state index >= 15 is 0 Å². The van der Waals surface area contributed by atoms with E-state index in [0.29, 0.717) is 22.1 Å². The van der Waals surface area contributed by atoms with Crippen molar-refractivity contribution < 1.29 is 24.5 Å². The van der Waals surface area contributed by atoms with Crippen molar-refractivity contribution in [2.75, 3.05) is 13.2 Å². The zero-order valence-electron chi connectivity index (χ0n) is 16.5. The highest BCUT2D eigenvalue weighted by Gasteiger charge is 2.10. The number of aliphatic carboxylic acids is 1. The van der Waals surface area contributed by atoms with Crippen molar-refractivity contribution in [2.45, 2.75) is 12.5 Å². The van der Waals surface area contributed by atoms with Gasteiger partial charge in [-0.15, -0.1) is 0 Å². The number of carbonyl (C=O) groups is 1. The van der Waals surface area contributed by atoms with Gasteiger partial charge in [-0.3, -0.25) is 4.79 Å². The van der Waals surface area contributed by atoms with Crippen LogP contribution in [0.5, 0.6) is 11.5 Å². The maximum absolute atomic E-state index is 10.9. The van der Waals surface area contributed by atoms with Gasteiger partial charge in [0.25, 0.3) is 0 Å². The summed E-state index contributed by atoms with van der Waals surface area (Å²) >= 11 is 5.85. The highest BCUT2D eigenvalue weighted by molar-refractivity contribution is 6.30. The Kier molecular flexibility index (Phi) is 7.50. The molecule has 0 aliphatic carbocycles. The van der Waals surface area contributed by atoms with Crippen LogP contribution in [0.15, 0.2) is 66.7 Å². The van der Waals surface area contributed by atoms with Crippen molar-refractivity contribution in [3.8, 4) is 28.7 Å². The second-order valence-corrected chi connectivity index (χ2v) is 7.26. The average molecular weight is 438 g/mol. The third-order valence-electron chi connectivity index (χ3n) is 4.41. The molecule has 2 N–H and O–H groups in total. The number of nitrogens with zero attached hydrogens (tertiary/aromatic N) is 1. The molecule has 1 unspecified atom stereocenters. The van der Waals surface area contributed by atoms with Gasteiger partial charge < -0.3 is 19.7 Å². The number of ether oxygens (including phenoxy) is 2. The van der Waals surface area contributed by atoms with Gasteiger partial charge in [-0.2, -0.15) is 5.26 Å². The van der Waals surface area contributed by atoms with Gasteiger partial charge in [0.1, 0.15) is 36.9 Å². The lowest BCUT2D eigenvalue weighted by molar-refractivity contribution is -0.136. The van der Waals surface area contributed by atoms with Crippen molar-refractivity contribution in [1.82, 2.24) is 0 Å². The smallest absolute Gasteiger partial charge is 0.307 e. The van der Waals surface area contributed by atoms with Gasteiger partial charge >= 0.3 is 5.97 Å². The molecule has 3 aromatic carbocycles. The Morgan fingerprint density at radius 3 is 2.45 bits per heavy atom. The lowest BCUT2D eigenvalue weighted by Crippen LogP contribution is -2.25. The van der Waals surface area contributed by atoms with Crippen LogP contribution in [0.3, 0.4) is 0 Å². The number of nitriles is 1. The molecule has 1 atom stereocenters. The average Bonchev–Trinajstić information content (AvgIpc) is 2.76. The summed E-state index contributed by atoms with van der Waals surface area (Å²) in [4.78, 5) is 10.9. The van der Waals surface area contributed by atoms with Crippen LogP contribution in [0, 0.1) is 11.3 Å². The fourth-order valence-electron chi connectivity index (χ4n) is 2.92. The maximum Gasteiger partial charge on any atom is 0.307 e. The molecule has 0 aliphatic heterocycles. The van der Waals surface area contributed by atoms with Crippen molar-refractivity contribution in [3.63, 3.8) is 0 Å². The maximum atomic E-state index is 10.9. The minimum atomic E-state index is -0.894. The first-order valence-electron chi connectivity index (χ1n) is 9.49. The van der Waals surface area contributed by atoms with Gasteiger partial charge in [-0.25, -0.2) is 0 Å². The van der Waals surface area contributed by atoms with Crippen LogP contribution in [0.4, 0.5) is 0 Å². The van der Waals surface area contributed by atoms with Crippen LogP contribution in [0.1, 0.15) is 11.1 Å². The third-order valence-corrected chi connectivity index (χ3v) is 4.64. The summed E-state index contributed by atoms with van der Waals surface area (Å²) in [5.41, 5.74) is 2.86. The molecule has 0 spiro atoms. The number of rotatable bonds is 9. The Bertz CT molecular complexity index is 1090. The van der Waals surface area contributed by atoms with Crippen molar-refractivity contribution >= 4 is 17.6 Å². The van der Waals surface area contributed by atoms with Crippen LogP contribution in [0.25, 0.3) is 11.1 Å². The van der Waals surface area contributed by atoms with E-state index in [1.165, 1.54) is 6.07 Å². The topological polar surface area (TPSA) is 99.8 Å². The predicted octanol–water partition coefficient (Wildman–Crippen LogP) is 4.32. The standard InChI is InChI=1S/C24H20ClNO5/c25-20-6-9-23(19(12-20)13-26)31-15-21(27)14-30-22-7-4-17(5-8-22)18-3-1-2-16(10-18)11-24(28)29/h1-10,12,21,27H,11,14-15H2,(H,28,29). The number of hydrogen-bond acceptors (Lipinski definition) is 5. The number of benzene rings is 3. The number of carboxylic acid groups (broad SMARTS) is 1. The third kappa shape index (κ3) is 6.48. The first-order valence-corrected chi connectivity index (χ1v) is 9.87. The number of hydrogen-bond donors (Lipinski definition) is 2. The van der Waals surface area contributed by atoms with E-state index in [9.17, 15) is 9.90 Å². The Hall–Kier alpha value is -3.53. The van der Waals surface area contributed by atoms with E-state index in [4.69, 9.17) is 31.4 Å². The SMILES string of the molecule is N#Cc1cc(Cl)ccc1OCC(O)COc1ccc(-c2cccc(CC(=O)O)c2)cc1. The lowest BCUT2D eigenvalue weighted by Gasteiger charge is -2.14. The summed E-state index contributed by atoms with van der Waals surface area (Å²) < 4.78 is 11.1. The number of halogens is 1. The summed E-state index contributed by atoms with van der Waals surface area (Å²) in [5, 5.41) is 28.6. The first-order chi connectivity index (χ1) is 14.9. The lowest BCUT2D eigenvalue weighted by atomic mass is 10.0. The van der Waals surface area contributed by atoms with E-state index in [0.717, 1.165) is 16.7 Å². The van der Waals surface area contributed by atoms with Gasteiger partial charge in [0.15, 0.2) is 0 Å². The van der Waals surface area contributed by atoms with Crippen LogP contribution in [0.2, 0.25) is 5.02 Å². The molecule has 31 heavy (non-hydrogen) atoms. The second kappa shape index (κ2) is 10.5. The highest BCUT2D eigenvalue weighted by atomic mass is 35.5. The monoisotopic (exact) mass is 437 g/mol. The molecule has 0 saturated heterocycles. The Labute approximate surface area is 184 Å². The predicted molar refractivity (Wildman–Crippen MR) is 116 cm³/mol. The largest absolute Gasteiger partial charge is 0.491 e. The first kappa shape index (κ1) is 22.2. The van der Waals surface area contributed by atoms with Crippen LogP contribution >= 0.6 is 11.6 Å². The van der Waals surface area contributed by atoms with Crippen molar-refractivity contribution in [1.29, 1.82) is 5.26 Å². The van der Waals surface area contributed by atoms with Gasteiger partial charge in [-0.05, 0) is 47.0 Å². The molecular formula is C24H20ClNO5. The molecule has 0 fully saturated rings. The zero-order valence-corrected chi connectivity index (χ0v) is 17.2. The molecule has 0 bridgehead atoms. The second-order valence-electron chi connectivity index (χ2n) is 6.82. The molecule has 0 saturated carbocycles. The fourth-order valence-corrected chi connectivity index (χ4v) is 3.09. The number of carboxylic acids is 1. The molecular weight excluding hydrogens is 418 g/mol. The number of aliphatic hydroxyl groups excluding tert-OH is 1. The fraction of sp³-hybridized carbons (Fsp3) is 0.167. The van der Waals surface area contributed by atoms with E-state index < -0.39 is 12.1 Å². The van der Waals surface area contributed by atoms with Gasteiger partial charge in [0.05, 0.1) is 12.0 Å². The molecule has 3 aromatic rings. The van der Waals surface area contributed by atoms with Crippen molar-refractivity contribution in [2.24, 2.45) is 0 Å². The molecule has 0 aromatic heterocycles. The van der Waals surface area contributed by atoms with E-state index in [1.54, 1.807) is 30.3 Å². The van der Waals surface area contributed by atoms with Crippen LogP contribution in [-0.2, 0) is 11.2 Å². The molecule has 0 radical (unpaired) electrons. The normalized spacial score (nSPS) is 11.4. The van der Waals surface area contributed by atoms with Gasteiger partial charge in [0.2, 0.25) is 0 Å². The highest BCUT2D eigenvalue weighted by Crippen LogP contribution is 2.24. The van der Waals surface area contributed by atoms with E-state index in [1.807, 2.05) is 36.4 Å². The molecule has 7 heteroatoms. The molecule has 0 amide bonds. The Morgan fingerprint density at radius 1 is 1.00 bits per heavy atom. The summed E-state index contributed by atoms with van der Waals surface area (Å²) in [6.07, 6.45) is -0.921. The summed E-state index contributed by atoms with van der Waals surface area (Å²) in [6, 6.07) is 21.3. The molecule has 6 nitrogen and oxygen atoms in total.